The van der Waals surface area contributed by atoms with Gasteiger partial charge in [-0.1, -0.05) is 0 Å². The predicted molar refractivity (Wildman–Crippen MR) is 73.9 cm³/mol. The summed E-state index contributed by atoms with van der Waals surface area (Å²) < 4.78 is 5.05. The number of methoxy groups -OCH3 is 1. The number of hydrogen-bond donors (Lipinski definition) is 2. The number of likely N-dealkylation sites (tertiary alicyclic amines) is 1. The van der Waals surface area contributed by atoms with Gasteiger partial charge in [-0.15, -0.1) is 0 Å². The first-order chi connectivity index (χ1) is 9.60. The van der Waals surface area contributed by atoms with E-state index in [2.05, 4.69) is 5.32 Å². The molecule has 0 aliphatic carbocycles. The van der Waals surface area contributed by atoms with E-state index in [0.29, 0.717) is 25.9 Å². The molecule has 1 aliphatic heterocycles. The van der Waals surface area contributed by atoms with Crippen molar-refractivity contribution in [1.82, 2.24) is 4.90 Å². The molecule has 0 bridgehead atoms. The summed E-state index contributed by atoms with van der Waals surface area (Å²) in [6, 6.07) is 7.12. The topological polar surface area (TPSA) is 78.9 Å². The van der Waals surface area contributed by atoms with Gasteiger partial charge in [0, 0.05) is 24.7 Å². The second-order valence-corrected chi connectivity index (χ2v) is 4.76. The van der Waals surface area contributed by atoms with Crippen LogP contribution in [-0.2, 0) is 4.79 Å². The van der Waals surface area contributed by atoms with Crippen LogP contribution in [0.2, 0.25) is 0 Å². The molecule has 0 aromatic heterocycles. The van der Waals surface area contributed by atoms with E-state index in [1.54, 1.807) is 31.4 Å². The van der Waals surface area contributed by atoms with Crippen molar-refractivity contribution in [2.24, 2.45) is 5.92 Å². The lowest BCUT2D eigenvalue weighted by atomic mass is 9.96. The summed E-state index contributed by atoms with van der Waals surface area (Å²) in [6.07, 6.45) is 0.210. The highest BCUT2D eigenvalue weighted by molar-refractivity contribution is 5.92. The molecule has 6 nitrogen and oxygen atoms in total. The molecule has 0 atom stereocenters. The predicted octanol–water partition coefficient (Wildman–Crippen LogP) is 2.02. The van der Waals surface area contributed by atoms with E-state index in [9.17, 15) is 9.59 Å². The Labute approximate surface area is 117 Å². The molecule has 6 heteroatoms. The summed E-state index contributed by atoms with van der Waals surface area (Å²) in [5.74, 6) is 0.547. The molecule has 1 aromatic carbocycles. The van der Waals surface area contributed by atoms with Gasteiger partial charge in [0.2, 0.25) is 5.91 Å². The molecule has 0 saturated carbocycles. The Bertz CT molecular complexity index is 478. The molecule has 0 spiro atoms. The minimum atomic E-state index is -0.918. The molecule has 1 aliphatic rings. The first kappa shape index (κ1) is 14.2. The summed E-state index contributed by atoms with van der Waals surface area (Å²) in [4.78, 5) is 24.2. The number of nitrogens with zero attached hydrogens (tertiary/aromatic N) is 1. The smallest absolute Gasteiger partial charge is 0.407 e. The number of rotatable bonds is 3. The van der Waals surface area contributed by atoms with E-state index in [1.807, 2.05) is 0 Å². The Morgan fingerprint density at radius 3 is 2.35 bits per heavy atom. The maximum atomic E-state index is 12.1. The lowest BCUT2D eigenvalue weighted by molar-refractivity contribution is -0.121. The quantitative estimate of drug-likeness (QED) is 0.886. The van der Waals surface area contributed by atoms with Gasteiger partial charge < -0.3 is 20.1 Å². The fourth-order valence-electron chi connectivity index (χ4n) is 2.25. The van der Waals surface area contributed by atoms with Gasteiger partial charge in [0.25, 0.3) is 0 Å². The van der Waals surface area contributed by atoms with E-state index >= 15 is 0 Å². The van der Waals surface area contributed by atoms with E-state index in [1.165, 1.54) is 4.90 Å². The second kappa shape index (κ2) is 6.27. The number of carbonyl (C=O) groups is 2. The second-order valence-electron chi connectivity index (χ2n) is 4.76. The van der Waals surface area contributed by atoms with Crippen molar-refractivity contribution < 1.29 is 19.4 Å². The van der Waals surface area contributed by atoms with Crippen LogP contribution in [-0.4, -0.2) is 42.2 Å². The zero-order valence-electron chi connectivity index (χ0n) is 11.3. The zero-order valence-corrected chi connectivity index (χ0v) is 11.3. The van der Waals surface area contributed by atoms with Crippen molar-refractivity contribution in [2.75, 3.05) is 25.5 Å². The van der Waals surface area contributed by atoms with Gasteiger partial charge in [0.15, 0.2) is 0 Å². The molecular formula is C14H18N2O4. The summed E-state index contributed by atoms with van der Waals surface area (Å²) in [5.41, 5.74) is 0.719. The standard InChI is InChI=1S/C14H18N2O4/c1-20-12-4-2-11(3-5-12)15-13(17)10-6-8-16(9-7-10)14(18)19/h2-5,10H,6-9H2,1H3,(H,15,17)(H,18,19). The van der Waals surface area contributed by atoms with E-state index in [-0.39, 0.29) is 11.8 Å². The third kappa shape index (κ3) is 3.40. The molecule has 20 heavy (non-hydrogen) atoms. The Balaban J connectivity index is 1.87. The summed E-state index contributed by atoms with van der Waals surface area (Å²) in [7, 11) is 1.59. The fourth-order valence-corrected chi connectivity index (χ4v) is 2.25. The van der Waals surface area contributed by atoms with Gasteiger partial charge >= 0.3 is 6.09 Å². The van der Waals surface area contributed by atoms with Crippen LogP contribution in [0.5, 0.6) is 5.75 Å². The van der Waals surface area contributed by atoms with Gasteiger partial charge in [-0.25, -0.2) is 4.79 Å². The third-order valence-electron chi connectivity index (χ3n) is 3.49. The van der Waals surface area contributed by atoms with Crippen molar-refractivity contribution in [3.05, 3.63) is 24.3 Å². The van der Waals surface area contributed by atoms with Gasteiger partial charge in [-0.3, -0.25) is 4.79 Å². The van der Waals surface area contributed by atoms with E-state index in [4.69, 9.17) is 9.84 Å². The van der Waals surface area contributed by atoms with Gasteiger partial charge in [0.1, 0.15) is 5.75 Å². The van der Waals surface area contributed by atoms with Crippen molar-refractivity contribution in [1.29, 1.82) is 0 Å². The highest BCUT2D eigenvalue weighted by Crippen LogP contribution is 2.20. The fraction of sp³-hybridized carbons (Fsp3) is 0.429. The zero-order chi connectivity index (χ0) is 14.5. The van der Waals surface area contributed by atoms with Crippen LogP contribution < -0.4 is 10.1 Å². The molecule has 0 unspecified atom stereocenters. The number of amides is 2. The Kier molecular flexibility index (Phi) is 4.45. The molecule has 0 radical (unpaired) electrons. The third-order valence-corrected chi connectivity index (χ3v) is 3.49. The van der Waals surface area contributed by atoms with Crippen LogP contribution in [0.4, 0.5) is 10.5 Å². The Morgan fingerprint density at radius 2 is 1.85 bits per heavy atom. The number of ether oxygens (including phenoxy) is 1. The first-order valence-electron chi connectivity index (χ1n) is 6.53. The number of benzene rings is 1. The maximum Gasteiger partial charge on any atom is 0.407 e. The number of carboxylic acid groups (broad SMARTS) is 1. The normalized spacial score (nSPS) is 15.8. The molecule has 1 heterocycles. The SMILES string of the molecule is COc1ccc(NC(=O)C2CCN(C(=O)O)CC2)cc1. The molecule has 1 aromatic rings. The van der Waals surface area contributed by atoms with Crippen molar-refractivity contribution in [3.8, 4) is 5.75 Å². The molecule has 1 fully saturated rings. The highest BCUT2D eigenvalue weighted by Gasteiger charge is 2.27. The number of piperidine rings is 1. The molecule has 1 saturated heterocycles. The van der Waals surface area contributed by atoms with E-state index < -0.39 is 6.09 Å². The van der Waals surface area contributed by atoms with Crippen LogP contribution in [0.1, 0.15) is 12.8 Å². The van der Waals surface area contributed by atoms with Crippen LogP contribution in [0, 0.1) is 5.92 Å². The number of nitrogens with one attached hydrogen (secondary N) is 1. The van der Waals surface area contributed by atoms with Crippen molar-refractivity contribution in [3.63, 3.8) is 0 Å². The minimum Gasteiger partial charge on any atom is -0.497 e. The Hall–Kier alpha value is -2.24. The number of carbonyl (C=O) groups excluding carboxylic acids is 1. The maximum absolute atomic E-state index is 12.1. The monoisotopic (exact) mass is 278 g/mol. The molecule has 2 rings (SSSR count). The van der Waals surface area contributed by atoms with Gasteiger partial charge in [-0.2, -0.15) is 0 Å². The number of hydrogen-bond acceptors (Lipinski definition) is 3. The summed E-state index contributed by atoms with van der Waals surface area (Å²) in [6.45, 7) is 0.825. The van der Waals surface area contributed by atoms with Crippen LogP contribution >= 0.6 is 0 Å². The largest absolute Gasteiger partial charge is 0.497 e. The molecule has 108 valence electrons. The Morgan fingerprint density at radius 1 is 1.25 bits per heavy atom. The molecule has 2 N–H and O–H groups in total. The lowest BCUT2D eigenvalue weighted by Gasteiger charge is -2.29. The van der Waals surface area contributed by atoms with Gasteiger partial charge in [-0.05, 0) is 37.1 Å². The lowest BCUT2D eigenvalue weighted by Crippen LogP contribution is -2.40. The first-order valence-corrected chi connectivity index (χ1v) is 6.53. The molecular weight excluding hydrogens is 260 g/mol. The average molecular weight is 278 g/mol. The van der Waals surface area contributed by atoms with Crippen LogP contribution in [0.15, 0.2) is 24.3 Å². The van der Waals surface area contributed by atoms with E-state index in [0.717, 1.165) is 11.4 Å². The average Bonchev–Trinajstić information content (AvgIpc) is 2.48. The molecule has 2 amide bonds. The van der Waals surface area contributed by atoms with Crippen molar-refractivity contribution in [2.45, 2.75) is 12.8 Å². The minimum absolute atomic E-state index is 0.0554. The van der Waals surface area contributed by atoms with Crippen LogP contribution in [0.25, 0.3) is 0 Å². The number of anilines is 1. The van der Waals surface area contributed by atoms with Crippen LogP contribution in [0.3, 0.4) is 0 Å². The summed E-state index contributed by atoms with van der Waals surface area (Å²) >= 11 is 0. The van der Waals surface area contributed by atoms with Gasteiger partial charge in [0.05, 0.1) is 7.11 Å². The van der Waals surface area contributed by atoms with Crippen molar-refractivity contribution >= 4 is 17.7 Å². The highest BCUT2D eigenvalue weighted by atomic mass is 16.5. The summed E-state index contributed by atoms with van der Waals surface area (Å²) in [5, 5.41) is 11.7.